The molecule has 1 aromatic heterocycles. The summed E-state index contributed by atoms with van der Waals surface area (Å²) in [5, 5.41) is 0. The largest absolute Gasteiger partial charge is 0.342 e. The van der Waals surface area contributed by atoms with Crippen molar-refractivity contribution >= 4 is 5.78 Å². The molecular weight excluding hydrogens is 140 g/mol. The first-order chi connectivity index (χ1) is 5.34. The maximum Gasteiger partial charge on any atom is 0.209 e. The van der Waals surface area contributed by atoms with Gasteiger partial charge in [-0.3, -0.25) is 4.79 Å². The van der Waals surface area contributed by atoms with Crippen molar-refractivity contribution in [3.8, 4) is 11.8 Å². The topological polar surface area (TPSA) is 45.8 Å². The smallest absolute Gasteiger partial charge is 0.209 e. The Bertz CT molecular complexity index is 290. The second-order valence-corrected chi connectivity index (χ2v) is 1.96. The average Bonchev–Trinajstić information content (AvgIpc) is 2.52. The molecule has 0 spiro atoms. The minimum absolute atomic E-state index is 0.0654. The summed E-state index contributed by atoms with van der Waals surface area (Å²) in [4.78, 5) is 17.6. The Morgan fingerprint density at radius 1 is 1.82 bits per heavy atom. The molecule has 0 saturated heterocycles. The van der Waals surface area contributed by atoms with E-state index in [9.17, 15) is 4.79 Å². The lowest BCUT2D eigenvalue weighted by molar-refractivity contribution is 0.0989. The van der Waals surface area contributed by atoms with E-state index < -0.39 is 0 Å². The van der Waals surface area contributed by atoms with Crippen LogP contribution in [0.2, 0.25) is 0 Å². The molecule has 0 aliphatic heterocycles. The Kier molecular flexibility index (Phi) is 2.45. The highest BCUT2D eigenvalue weighted by molar-refractivity contribution is 5.94. The summed E-state index contributed by atoms with van der Waals surface area (Å²) in [6.07, 6.45) is 3.41. The number of aromatic amines is 1. The number of aromatic nitrogens is 2. The Labute approximate surface area is 64.8 Å². The molecule has 0 radical (unpaired) electrons. The van der Waals surface area contributed by atoms with E-state index in [2.05, 4.69) is 21.8 Å². The molecule has 3 nitrogen and oxygen atoms in total. The van der Waals surface area contributed by atoms with Crippen LogP contribution in [-0.2, 0) is 0 Å². The van der Waals surface area contributed by atoms with E-state index in [1.54, 1.807) is 19.3 Å². The van der Waals surface area contributed by atoms with Gasteiger partial charge in [0.2, 0.25) is 5.78 Å². The Morgan fingerprint density at radius 2 is 2.64 bits per heavy atom. The summed E-state index contributed by atoms with van der Waals surface area (Å²) in [6.45, 7) is 1.70. The number of rotatable bonds is 2. The highest BCUT2D eigenvalue weighted by atomic mass is 16.1. The normalized spacial score (nSPS) is 8.45. The van der Waals surface area contributed by atoms with Gasteiger partial charge in [-0.2, -0.15) is 0 Å². The van der Waals surface area contributed by atoms with Crippen molar-refractivity contribution in [3.05, 3.63) is 18.2 Å². The van der Waals surface area contributed by atoms with Crippen LogP contribution in [0.1, 0.15) is 24.0 Å². The predicted molar refractivity (Wildman–Crippen MR) is 41.0 cm³/mol. The number of imidazole rings is 1. The SMILES string of the molecule is CC#CCC(=O)c1ncc[nH]1. The van der Waals surface area contributed by atoms with Crippen molar-refractivity contribution in [3.63, 3.8) is 0 Å². The molecule has 0 aliphatic carbocycles. The lowest BCUT2D eigenvalue weighted by Gasteiger charge is -1.86. The third kappa shape index (κ3) is 1.94. The van der Waals surface area contributed by atoms with E-state index in [4.69, 9.17) is 0 Å². The number of hydrogen-bond acceptors (Lipinski definition) is 2. The highest BCUT2D eigenvalue weighted by Gasteiger charge is 2.04. The predicted octanol–water partition coefficient (Wildman–Crippen LogP) is 1.01. The second kappa shape index (κ2) is 3.57. The number of carbonyl (C=O) groups is 1. The van der Waals surface area contributed by atoms with Gasteiger partial charge in [-0.15, -0.1) is 5.92 Å². The van der Waals surface area contributed by atoms with E-state index in [0.29, 0.717) is 5.82 Å². The summed E-state index contributed by atoms with van der Waals surface area (Å²) in [5.74, 6) is 5.64. The van der Waals surface area contributed by atoms with Crippen LogP contribution in [0.15, 0.2) is 12.4 Å². The first kappa shape index (κ1) is 7.55. The molecule has 1 rings (SSSR count). The van der Waals surface area contributed by atoms with Crippen LogP contribution in [0.3, 0.4) is 0 Å². The Balaban J connectivity index is 2.61. The first-order valence-electron chi connectivity index (χ1n) is 3.27. The molecule has 0 aliphatic rings. The van der Waals surface area contributed by atoms with Crippen LogP contribution in [0.5, 0.6) is 0 Å². The minimum atomic E-state index is -0.0654. The van der Waals surface area contributed by atoms with Gasteiger partial charge in [-0.05, 0) is 6.92 Å². The van der Waals surface area contributed by atoms with Crippen LogP contribution in [-0.4, -0.2) is 15.8 Å². The van der Waals surface area contributed by atoms with Crippen LogP contribution >= 0.6 is 0 Å². The lowest BCUT2D eigenvalue weighted by Crippen LogP contribution is -1.99. The van der Waals surface area contributed by atoms with Crippen LogP contribution in [0.4, 0.5) is 0 Å². The fourth-order valence-electron chi connectivity index (χ4n) is 0.670. The van der Waals surface area contributed by atoms with E-state index in [1.807, 2.05) is 0 Å². The summed E-state index contributed by atoms with van der Waals surface area (Å²) in [7, 11) is 0. The molecule has 1 heterocycles. The molecule has 1 aromatic rings. The molecule has 0 fully saturated rings. The van der Waals surface area contributed by atoms with Gasteiger partial charge in [-0.25, -0.2) is 4.98 Å². The molecule has 0 bridgehead atoms. The number of ketones is 1. The maximum absolute atomic E-state index is 11.1. The third-order valence-corrected chi connectivity index (χ3v) is 1.19. The van der Waals surface area contributed by atoms with Gasteiger partial charge < -0.3 is 4.98 Å². The monoisotopic (exact) mass is 148 g/mol. The minimum Gasteiger partial charge on any atom is -0.342 e. The lowest BCUT2D eigenvalue weighted by atomic mass is 10.3. The molecule has 11 heavy (non-hydrogen) atoms. The van der Waals surface area contributed by atoms with E-state index >= 15 is 0 Å². The number of nitrogens with zero attached hydrogens (tertiary/aromatic N) is 1. The maximum atomic E-state index is 11.1. The number of Topliss-reactive ketones (excluding diaryl/α,β-unsaturated/α-hetero) is 1. The van der Waals surface area contributed by atoms with E-state index in [1.165, 1.54) is 0 Å². The summed E-state index contributed by atoms with van der Waals surface area (Å²) >= 11 is 0. The molecule has 3 heteroatoms. The van der Waals surface area contributed by atoms with E-state index in [-0.39, 0.29) is 12.2 Å². The average molecular weight is 148 g/mol. The van der Waals surface area contributed by atoms with Gasteiger partial charge in [0.05, 0.1) is 6.42 Å². The molecule has 0 atom stereocenters. The van der Waals surface area contributed by atoms with Gasteiger partial charge in [0.15, 0.2) is 5.82 Å². The Hall–Kier alpha value is -1.56. The van der Waals surface area contributed by atoms with Crippen molar-refractivity contribution < 1.29 is 4.79 Å². The van der Waals surface area contributed by atoms with Gasteiger partial charge in [0.1, 0.15) is 0 Å². The van der Waals surface area contributed by atoms with Crippen LogP contribution in [0, 0.1) is 11.8 Å². The van der Waals surface area contributed by atoms with Gasteiger partial charge in [-0.1, -0.05) is 5.92 Å². The molecule has 0 amide bonds. The highest BCUT2D eigenvalue weighted by Crippen LogP contribution is 1.93. The number of carbonyl (C=O) groups excluding carboxylic acids is 1. The second-order valence-electron chi connectivity index (χ2n) is 1.96. The van der Waals surface area contributed by atoms with E-state index in [0.717, 1.165) is 0 Å². The van der Waals surface area contributed by atoms with Crippen molar-refractivity contribution in [1.82, 2.24) is 9.97 Å². The molecule has 0 unspecified atom stereocenters. The summed E-state index contributed by atoms with van der Waals surface area (Å²) < 4.78 is 0. The fraction of sp³-hybridized carbons (Fsp3) is 0.250. The van der Waals surface area contributed by atoms with Crippen molar-refractivity contribution in [2.75, 3.05) is 0 Å². The summed E-state index contributed by atoms with van der Waals surface area (Å²) in [5.41, 5.74) is 0. The van der Waals surface area contributed by atoms with Crippen molar-refractivity contribution in [1.29, 1.82) is 0 Å². The van der Waals surface area contributed by atoms with Gasteiger partial charge >= 0.3 is 0 Å². The standard InChI is InChI=1S/C8H8N2O/c1-2-3-4-7(11)8-9-5-6-10-8/h5-6H,4H2,1H3,(H,9,10). The zero-order valence-corrected chi connectivity index (χ0v) is 6.22. The fourth-order valence-corrected chi connectivity index (χ4v) is 0.670. The summed E-state index contributed by atoms with van der Waals surface area (Å²) in [6, 6.07) is 0. The number of nitrogens with one attached hydrogen (secondary N) is 1. The van der Waals surface area contributed by atoms with Gasteiger partial charge in [0, 0.05) is 12.4 Å². The zero-order chi connectivity index (χ0) is 8.10. The molecular formula is C8H8N2O. The molecule has 56 valence electrons. The number of H-pyrrole nitrogens is 1. The number of hydrogen-bond donors (Lipinski definition) is 1. The van der Waals surface area contributed by atoms with Crippen LogP contribution < -0.4 is 0 Å². The zero-order valence-electron chi connectivity index (χ0n) is 6.22. The van der Waals surface area contributed by atoms with Crippen molar-refractivity contribution in [2.45, 2.75) is 13.3 Å². The van der Waals surface area contributed by atoms with Crippen LogP contribution in [0.25, 0.3) is 0 Å². The quantitative estimate of drug-likeness (QED) is 0.502. The molecule has 0 aromatic carbocycles. The third-order valence-electron chi connectivity index (χ3n) is 1.19. The molecule has 1 N–H and O–H groups in total. The van der Waals surface area contributed by atoms with Crippen molar-refractivity contribution in [2.24, 2.45) is 0 Å². The Morgan fingerprint density at radius 3 is 3.18 bits per heavy atom. The van der Waals surface area contributed by atoms with Gasteiger partial charge in [0.25, 0.3) is 0 Å². The first-order valence-corrected chi connectivity index (χ1v) is 3.27. The molecule has 0 saturated carbocycles.